The number of hydrogen-bond acceptors (Lipinski definition) is 0. The van der Waals surface area contributed by atoms with Crippen LogP contribution in [-0.4, -0.2) is 0 Å². The molecule has 1 rings (SSSR count). The Morgan fingerprint density at radius 1 is 1.14 bits per heavy atom. The standard InChI is InChI=1S/C14H14/c1-3-5-6-9-14-11-7-10-13(12-14)8-4-2/h7,10-12H,3,5H2,1-2H3. The van der Waals surface area contributed by atoms with E-state index < -0.39 is 0 Å². The predicted molar refractivity (Wildman–Crippen MR) is 60.8 cm³/mol. The second-order valence-corrected chi connectivity index (χ2v) is 3.01. The van der Waals surface area contributed by atoms with Crippen LogP contribution >= 0.6 is 0 Å². The van der Waals surface area contributed by atoms with Crippen LogP contribution in [0.1, 0.15) is 37.8 Å². The molecule has 14 heavy (non-hydrogen) atoms. The highest BCUT2D eigenvalue weighted by molar-refractivity contribution is 5.43. The van der Waals surface area contributed by atoms with E-state index in [1.165, 1.54) is 0 Å². The fraction of sp³-hybridized carbons (Fsp3) is 0.286. The van der Waals surface area contributed by atoms with Gasteiger partial charge >= 0.3 is 0 Å². The molecule has 0 amide bonds. The second-order valence-electron chi connectivity index (χ2n) is 3.01. The van der Waals surface area contributed by atoms with Crippen LogP contribution in [0.5, 0.6) is 0 Å². The van der Waals surface area contributed by atoms with Crippen molar-refractivity contribution in [2.75, 3.05) is 0 Å². The fourth-order valence-corrected chi connectivity index (χ4v) is 1.11. The number of unbranched alkanes of at least 4 members (excludes halogenated alkanes) is 1. The Balaban J connectivity index is 2.83. The molecule has 0 unspecified atom stereocenters. The van der Waals surface area contributed by atoms with Crippen LogP contribution in [0.4, 0.5) is 0 Å². The van der Waals surface area contributed by atoms with Gasteiger partial charge in [-0.2, -0.15) is 0 Å². The maximum atomic E-state index is 3.13. The van der Waals surface area contributed by atoms with Crippen molar-refractivity contribution in [3.63, 3.8) is 0 Å². The molecule has 0 aromatic heterocycles. The molecule has 0 fully saturated rings. The van der Waals surface area contributed by atoms with Gasteiger partial charge in [-0.25, -0.2) is 0 Å². The lowest BCUT2D eigenvalue weighted by atomic mass is 10.1. The van der Waals surface area contributed by atoms with Gasteiger partial charge in [0.05, 0.1) is 0 Å². The molecule has 0 radical (unpaired) electrons. The zero-order chi connectivity index (χ0) is 10.2. The molecule has 0 bridgehead atoms. The maximum Gasteiger partial charge on any atom is 0.0257 e. The summed E-state index contributed by atoms with van der Waals surface area (Å²) >= 11 is 0. The van der Waals surface area contributed by atoms with E-state index in [2.05, 4.69) is 30.6 Å². The first-order chi connectivity index (χ1) is 6.86. The first-order valence-corrected chi connectivity index (χ1v) is 4.88. The summed E-state index contributed by atoms with van der Waals surface area (Å²) in [5.74, 6) is 12.1. The van der Waals surface area contributed by atoms with Gasteiger partial charge in [-0.05, 0) is 31.5 Å². The molecular formula is C14H14. The van der Waals surface area contributed by atoms with Crippen molar-refractivity contribution in [3.05, 3.63) is 35.4 Å². The highest BCUT2D eigenvalue weighted by atomic mass is 13.9. The van der Waals surface area contributed by atoms with Gasteiger partial charge in [0, 0.05) is 17.5 Å². The molecule has 0 saturated heterocycles. The lowest BCUT2D eigenvalue weighted by molar-refractivity contribution is 0.983. The van der Waals surface area contributed by atoms with Gasteiger partial charge in [0.1, 0.15) is 0 Å². The third kappa shape index (κ3) is 3.38. The largest absolute Gasteiger partial charge is 0.101 e. The van der Waals surface area contributed by atoms with Crippen LogP contribution < -0.4 is 0 Å². The molecule has 0 aliphatic rings. The van der Waals surface area contributed by atoms with E-state index in [9.17, 15) is 0 Å². The van der Waals surface area contributed by atoms with Crippen LogP contribution in [0.25, 0.3) is 0 Å². The van der Waals surface area contributed by atoms with Crippen molar-refractivity contribution in [1.82, 2.24) is 0 Å². The minimum Gasteiger partial charge on any atom is -0.101 e. The van der Waals surface area contributed by atoms with Gasteiger partial charge < -0.3 is 0 Å². The van der Waals surface area contributed by atoms with E-state index in [0.29, 0.717) is 0 Å². The van der Waals surface area contributed by atoms with Crippen LogP contribution in [0.3, 0.4) is 0 Å². The lowest BCUT2D eigenvalue weighted by Gasteiger charge is -1.91. The third-order valence-corrected chi connectivity index (χ3v) is 1.74. The monoisotopic (exact) mass is 182 g/mol. The molecule has 0 heterocycles. The predicted octanol–water partition coefficient (Wildman–Crippen LogP) is 3.21. The Bertz CT molecular complexity index is 405. The number of rotatable bonds is 1. The zero-order valence-electron chi connectivity index (χ0n) is 8.72. The summed E-state index contributed by atoms with van der Waals surface area (Å²) in [6.45, 7) is 3.98. The smallest absolute Gasteiger partial charge is 0.0257 e. The second kappa shape index (κ2) is 5.90. The van der Waals surface area contributed by atoms with Crippen molar-refractivity contribution in [3.8, 4) is 23.7 Å². The molecule has 70 valence electrons. The molecule has 1 aromatic rings. The van der Waals surface area contributed by atoms with E-state index in [-0.39, 0.29) is 0 Å². The Kier molecular flexibility index (Phi) is 4.39. The quantitative estimate of drug-likeness (QED) is 0.585. The fourth-order valence-electron chi connectivity index (χ4n) is 1.11. The molecule has 0 aliphatic heterocycles. The van der Waals surface area contributed by atoms with E-state index in [1.807, 2.05) is 31.2 Å². The normalized spacial score (nSPS) is 8.14. The van der Waals surface area contributed by atoms with E-state index >= 15 is 0 Å². The van der Waals surface area contributed by atoms with Crippen molar-refractivity contribution < 1.29 is 0 Å². The highest BCUT2D eigenvalue weighted by Gasteiger charge is 1.88. The summed E-state index contributed by atoms with van der Waals surface area (Å²) in [6.07, 6.45) is 2.07. The summed E-state index contributed by atoms with van der Waals surface area (Å²) < 4.78 is 0. The summed E-state index contributed by atoms with van der Waals surface area (Å²) in [6, 6.07) is 8.04. The van der Waals surface area contributed by atoms with Crippen LogP contribution in [0.15, 0.2) is 24.3 Å². The topological polar surface area (TPSA) is 0 Å². The number of hydrogen-bond donors (Lipinski definition) is 0. The van der Waals surface area contributed by atoms with Gasteiger partial charge in [-0.3, -0.25) is 0 Å². The Morgan fingerprint density at radius 2 is 1.86 bits per heavy atom. The minimum absolute atomic E-state index is 0.962. The van der Waals surface area contributed by atoms with Gasteiger partial charge in [0.15, 0.2) is 0 Å². The Labute approximate surface area is 86.3 Å². The first kappa shape index (κ1) is 10.4. The SMILES string of the molecule is CC#Cc1cccc(C#CCCC)c1. The number of benzene rings is 1. The average Bonchev–Trinajstić information content (AvgIpc) is 2.19. The molecule has 0 spiro atoms. The van der Waals surface area contributed by atoms with Crippen molar-refractivity contribution in [2.45, 2.75) is 26.7 Å². The lowest BCUT2D eigenvalue weighted by Crippen LogP contribution is -1.77. The average molecular weight is 182 g/mol. The van der Waals surface area contributed by atoms with Gasteiger partial charge in [0.2, 0.25) is 0 Å². The van der Waals surface area contributed by atoms with Gasteiger partial charge in [-0.1, -0.05) is 30.8 Å². The molecule has 0 aliphatic carbocycles. The van der Waals surface area contributed by atoms with Crippen LogP contribution in [0, 0.1) is 23.7 Å². The van der Waals surface area contributed by atoms with Gasteiger partial charge in [-0.15, -0.1) is 5.92 Å². The minimum atomic E-state index is 0.962. The van der Waals surface area contributed by atoms with E-state index in [4.69, 9.17) is 0 Å². The van der Waals surface area contributed by atoms with Gasteiger partial charge in [0.25, 0.3) is 0 Å². The molecule has 0 heteroatoms. The molecular weight excluding hydrogens is 168 g/mol. The summed E-state index contributed by atoms with van der Waals surface area (Å²) in [4.78, 5) is 0. The van der Waals surface area contributed by atoms with Crippen molar-refractivity contribution in [1.29, 1.82) is 0 Å². The summed E-state index contributed by atoms with van der Waals surface area (Å²) in [5, 5.41) is 0. The molecule has 0 N–H and O–H groups in total. The maximum absolute atomic E-state index is 3.13. The summed E-state index contributed by atoms with van der Waals surface area (Å²) in [5.41, 5.74) is 2.09. The molecule has 0 atom stereocenters. The van der Waals surface area contributed by atoms with Crippen LogP contribution in [-0.2, 0) is 0 Å². The third-order valence-electron chi connectivity index (χ3n) is 1.74. The molecule has 1 aromatic carbocycles. The molecule has 0 saturated carbocycles. The van der Waals surface area contributed by atoms with Crippen molar-refractivity contribution in [2.24, 2.45) is 0 Å². The van der Waals surface area contributed by atoms with E-state index in [0.717, 1.165) is 24.0 Å². The zero-order valence-corrected chi connectivity index (χ0v) is 8.72. The Hall–Kier alpha value is -1.66. The summed E-state index contributed by atoms with van der Waals surface area (Å²) in [7, 11) is 0. The van der Waals surface area contributed by atoms with Crippen molar-refractivity contribution >= 4 is 0 Å². The Morgan fingerprint density at radius 3 is 2.50 bits per heavy atom. The molecule has 0 nitrogen and oxygen atoms in total. The van der Waals surface area contributed by atoms with Crippen LogP contribution in [0.2, 0.25) is 0 Å². The highest BCUT2D eigenvalue weighted by Crippen LogP contribution is 2.02. The first-order valence-electron chi connectivity index (χ1n) is 4.88. The van der Waals surface area contributed by atoms with E-state index in [1.54, 1.807) is 0 Å².